The molecule has 0 aromatic carbocycles. The lowest BCUT2D eigenvalue weighted by Crippen LogP contribution is -2.40. The highest BCUT2D eigenvalue weighted by Gasteiger charge is 2.43. The molecule has 2 fully saturated rings. The maximum Gasteiger partial charge on any atom is 0.270 e. The van der Waals surface area contributed by atoms with Crippen molar-refractivity contribution in [3.8, 4) is 0 Å². The average molecular weight is 264 g/mol. The number of fused-ring (bicyclic) bond motifs is 1. The topological polar surface area (TPSA) is 79.0 Å². The van der Waals surface area contributed by atoms with Gasteiger partial charge in [0.2, 0.25) is 5.91 Å². The van der Waals surface area contributed by atoms with Crippen molar-refractivity contribution < 1.29 is 9.59 Å². The van der Waals surface area contributed by atoms with Crippen LogP contribution in [-0.2, 0) is 9.59 Å². The Morgan fingerprint density at radius 2 is 2.11 bits per heavy atom. The molecule has 1 saturated heterocycles. The minimum absolute atomic E-state index is 0.0130. The fraction of sp³-hybridized carbons (Fsp3) is 0.769. The van der Waals surface area contributed by atoms with E-state index in [1.807, 2.05) is 4.90 Å². The molecular weight excluding hydrogens is 244 g/mol. The first-order valence-corrected chi connectivity index (χ1v) is 6.95. The van der Waals surface area contributed by atoms with Crippen molar-refractivity contribution in [1.82, 2.24) is 9.91 Å². The van der Waals surface area contributed by atoms with Crippen molar-refractivity contribution in [2.45, 2.75) is 31.7 Å². The molecule has 6 nitrogen and oxygen atoms in total. The van der Waals surface area contributed by atoms with Crippen LogP contribution in [0.4, 0.5) is 0 Å². The molecule has 2 amide bonds. The van der Waals surface area contributed by atoms with Gasteiger partial charge < -0.3 is 10.6 Å². The average Bonchev–Trinajstić information content (AvgIpc) is 2.95. The second-order valence-electron chi connectivity index (χ2n) is 5.84. The van der Waals surface area contributed by atoms with Gasteiger partial charge in [0.05, 0.1) is 0 Å². The predicted molar refractivity (Wildman–Crippen MR) is 70.2 cm³/mol. The highest BCUT2D eigenvalue weighted by Crippen LogP contribution is 2.37. The van der Waals surface area contributed by atoms with Crippen LogP contribution in [0.3, 0.4) is 0 Å². The number of likely N-dealkylation sites (tertiary alicyclic amines) is 1. The van der Waals surface area contributed by atoms with E-state index < -0.39 is 0 Å². The summed E-state index contributed by atoms with van der Waals surface area (Å²) in [6.07, 6.45) is 3.04. The van der Waals surface area contributed by atoms with E-state index in [-0.39, 0.29) is 17.9 Å². The number of carbonyl (C=O) groups excluding carboxylic acids is 2. The Labute approximate surface area is 112 Å². The van der Waals surface area contributed by atoms with E-state index in [9.17, 15) is 9.59 Å². The lowest BCUT2D eigenvalue weighted by molar-refractivity contribution is -0.130. The summed E-state index contributed by atoms with van der Waals surface area (Å²) in [5, 5.41) is 5.38. The molecule has 0 aromatic rings. The Kier molecular flexibility index (Phi) is 3.05. The van der Waals surface area contributed by atoms with E-state index >= 15 is 0 Å². The summed E-state index contributed by atoms with van der Waals surface area (Å²) in [6.45, 7) is 1.55. The van der Waals surface area contributed by atoms with Crippen molar-refractivity contribution in [2.75, 3.05) is 20.1 Å². The van der Waals surface area contributed by atoms with Gasteiger partial charge in [-0.05, 0) is 24.7 Å². The highest BCUT2D eigenvalue weighted by molar-refractivity contribution is 6.39. The fourth-order valence-electron chi connectivity index (χ4n) is 3.48. The molecule has 0 bridgehead atoms. The van der Waals surface area contributed by atoms with E-state index in [1.54, 1.807) is 7.05 Å². The van der Waals surface area contributed by atoms with Gasteiger partial charge >= 0.3 is 0 Å². The molecule has 3 rings (SSSR count). The quantitative estimate of drug-likeness (QED) is 0.711. The Bertz CT molecular complexity index is 448. The third kappa shape index (κ3) is 2.14. The van der Waals surface area contributed by atoms with Crippen LogP contribution in [0.2, 0.25) is 0 Å². The van der Waals surface area contributed by atoms with Crippen LogP contribution in [0.25, 0.3) is 0 Å². The van der Waals surface area contributed by atoms with Gasteiger partial charge in [-0.2, -0.15) is 5.10 Å². The Morgan fingerprint density at radius 1 is 1.32 bits per heavy atom. The molecule has 0 spiro atoms. The number of nitrogens with two attached hydrogens (primary N) is 1. The third-order valence-corrected chi connectivity index (χ3v) is 4.65. The number of hydrogen-bond donors (Lipinski definition) is 1. The monoisotopic (exact) mass is 264 g/mol. The summed E-state index contributed by atoms with van der Waals surface area (Å²) < 4.78 is 0. The molecule has 2 N–H and O–H groups in total. The first-order valence-electron chi connectivity index (χ1n) is 6.95. The molecule has 0 aromatic heterocycles. The van der Waals surface area contributed by atoms with Crippen molar-refractivity contribution in [1.29, 1.82) is 0 Å². The lowest BCUT2D eigenvalue weighted by Gasteiger charge is -2.23. The summed E-state index contributed by atoms with van der Waals surface area (Å²) in [5.74, 6) is 0.966. The van der Waals surface area contributed by atoms with Crippen LogP contribution >= 0.6 is 0 Å². The third-order valence-electron chi connectivity index (χ3n) is 4.65. The standard InChI is InChI=1S/C13H20N4O2/c1-16-12(18)5-4-11(15-16)13(19)17-6-8-2-3-10(14)9(8)7-17/h8-10H,2-7,14H2,1H3. The van der Waals surface area contributed by atoms with Gasteiger partial charge in [0, 0.05) is 39.0 Å². The van der Waals surface area contributed by atoms with E-state index in [2.05, 4.69) is 5.10 Å². The largest absolute Gasteiger partial charge is 0.337 e. The van der Waals surface area contributed by atoms with Crippen LogP contribution in [-0.4, -0.2) is 53.6 Å². The summed E-state index contributed by atoms with van der Waals surface area (Å²) in [7, 11) is 1.60. The predicted octanol–water partition coefficient (Wildman–Crippen LogP) is -0.210. The molecule has 0 radical (unpaired) electrons. The fourth-order valence-corrected chi connectivity index (χ4v) is 3.48. The smallest absolute Gasteiger partial charge is 0.270 e. The van der Waals surface area contributed by atoms with Gasteiger partial charge in [-0.3, -0.25) is 9.59 Å². The van der Waals surface area contributed by atoms with Gasteiger partial charge in [0.25, 0.3) is 5.91 Å². The molecule has 3 unspecified atom stereocenters. The van der Waals surface area contributed by atoms with Crippen molar-refractivity contribution in [2.24, 2.45) is 22.7 Å². The maximum absolute atomic E-state index is 12.4. The number of hydrazone groups is 1. The van der Waals surface area contributed by atoms with Gasteiger partial charge in [-0.25, -0.2) is 5.01 Å². The minimum atomic E-state index is -0.0307. The number of nitrogens with zero attached hydrogens (tertiary/aromatic N) is 3. The molecule has 19 heavy (non-hydrogen) atoms. The number of amides is 2. The van der Waals surface area contributed by atoms with Crippen LogP contribution in [0.1, 0.15) is 25.7 Å². The first kappa shape index (κ1) is 12.6. The van der Waals surface area contributed by atoms with Crippen LogP contribution in [0.15, 0.2) is 5.10 Å². The molecule has 104 valence electrons. The lowest BCUT2D eigenvalue weighted by atomic mass is 9.98. The number of hydrogen-bond acceptors (Lipinski definition) is 4. The summed E-state index contributed by atoms with van der Waals surface area (Å²) >= 11 is 0. The Hall–Kier alpha value is -1.43. The Morgan fingerprint density at radius 3 is 2.79 bits per heavy atom. The molecular formula is C13H20N4O2. The molecule has 6 heteroatoms. The second-order valence-corrected chi connectivity index (χ2v) is 5.84. The zero-order chi connectivity index (χ0) is 13.6. The van der Waals surface area contributed by atoms with Crippen LogP contribution in [0, 0.1) is 11.8 Å². The van der Waals surface area contributed by atoms with Gasteiger partial charge in [0.1, 0.15) is 5.71 Å². The molecule has 2 aliphatic heterocycles. The highest BCUT2D eigenvalue weighted by atomic mass is 16.2. The van der Waals surface area contributed by atoms with Crippen molar-refractivity contribution in [3.63, 3.8) is 0 Å². The van der Waals surface area contributed by atoms with Crippen molar-refractivity contribution in [3.05, 3.63) is 0 Å². The van der Waals surface area contributed by atoms with E-state index in [0.29, 0.717) is 30.4 Å². The Balaban J connectivity index is 1.69. The SMILES string of the molecule is CN1N=C(C(=O)N2CC3CCC(N)C3C2)CCC1=O. The first-order chi connectivity index (χ1) is 9.06. The summed E-state index contributed by atoms with van der Waals surface area (Å²) in [6, 6.07) is 0.236. The van der Waals surface area contributed by atoms with Gasteiger partial charge in [0.15, 0.2) is 0 Å². The minimum Gasteiger partial charge on any atom is -0.337 e. The van der Waals surface area contributed by atoms with Crippen molar-refractivity contribution >= 4 is 17.5 Å². The van der Waals surface area contributed by atoms with Gasteiger partial charge in [-0.1, -0.05) is 0 Å². The maximum atomic E-state index is 12.4. The van der Waals surface area contributed by atoms with Crippen LogP contribution < -0.4 is 5.73 Å². The number of rotatable bonds is 1. The zero-order valence-corrected chi connectivity index (χ0v) is 11.2. The molecule has 2 heterocycles. The molecule has 1 aliphatic carbocycles. The second kappa shape index (κ2) is 4.59. The van der Waals surface area contributed by atoms with E-state index in [0.717, 1.165) is 25.9 Å². The van der Waals surface area contributed by atoms with E-state index in [1.165, 1.54) is 5.01 Å². The summed E-state index contributed by atoms with van der Waals surface area (Å²) in [4.78, 5) is 25.6. The van der Waals surface area contributed by atoms with Gasteiger partial charge in [-0.15, -0.1) is 0 Å². The zero-order valence-electron chi connectivity index (χ0n) is 11.2. The summed E-state index contributed by atoms with van der Waals surface area (Å²) in [5.41, 5.74) is 6.59. The number of carbonyl (C=O) groups is 2. The van der Waals surface area contributed by atoms with E-state index in [4.69, 9.17) is 5.73 Å². The molecule has 1 saturated carbocycles. The molecule has 3 aliphatic rings. The normalized spacial score (nSPS) is 34.5. The molecule has 3 atom stereocenters. The van der Waals surface area contributed by atoms with Crippen LogP contribution in [0.5, 0.6) is 0 Å².